The predicted octanol–water partition coefficient (Wildman–Crippen LogP) is 2.69. The summed E-state index contributed by atoms with van der Waals surface area (Å²) in [6.07, 6.45) is 0. The van der Waals surface area contributed by atoms with Crippen molar-refractivity contribution < 1.29 is 22.8 Å². The lowest BCUT2D eigenvalue weighted by atomic mass is 10.3. The molecule has 0 aliphatic carbocycles. The highest BCUT2D eigenvalue weighted by atomic mass is 79.9. The van der Waals surface area contributed by atoms with Gasteiger partial charge in [0, 0.05) is 11.8 Å². The molecule has 5 nitrogen and oxygen atoms in total. The van der Waals surface area contributed by atoms with E-state index in [0.29, 0.717) is 10.7 Å². The number of anilines is 1. The van der Waals surface area contributed by atoms with E-state index in [1.54, 1.807) is 0 Å². The molecule has 0 fully saturated rings. The molecule has 8 heteroatoms. The maximum atomic E-state index is 12.9. The highest BCUT2D eigenvalue weighted by molar-refractivity contribution is 9.10. The summed E-state index contributed by atoms with van der Waals surface area (Å²) in [7, 11) is 0. The van der Waals surface area contributed by atoms with Gasteiger partial charge in [-0.25, -0.2) is 8.78 Å². The van der Waals surface area contributed by atoms with Crippen molar-refractivity contribution in [3.63, 3.8) is 0 Å². The molecule has 2 N–H and O–H groups in total. The van der Waals surface area contributed by atoms with Crippen molar-refractivity contribution >= 4 is 33.4 Å². The minimum atomic E-state index is -0.810. The van der Waals surface area contributed by atoms with Crippen LogP contribution < -0.4 is 10.6 Å². The van der Waals surface area contributed by atoms with E-state index in [2.05, 4.69) is 26.6 Å². The Morgan fingerprint density at radius 2 is 1.81 bits per heavy atom. The molecule has 0 bridgehead atoms. The summed E-state index contributed by atoms with van der Waals surface area (Å²) < 4.78 is 31.3. The van der Waals surface area contributed by atoms with Crippen LogP contribution in [0.2, 0.25) is 0 Å². The van der Waals surface area contributed by atoms with Crippen LogP contribution in [0.4, 0.5) is 14.5 Å². The fourth-order valence-electron chi connectivity index (χ4n) is 1.52. The van der Waals surface area contributed by atoms with Crippen LogP contribution in [0.5, 0.6) is 0 Å². The lowest BCUT2D eigenvalue weighted by Crippen LogP contribution is -2.32. The van der Waals surface area contributed by atoms with E-state index in [1.807, 2.05) is 0 Å². The molecule has 0 atom stereocenters. The highest BCUT2D eigenvalue weighted by Crippen LogP contribution is 2.14. The Labute approximate surface area is 126 Å². The molecule has 0 saturated carbocycles. The van der Waals surface area contributed by atoms with Crippen LogP contribution >= 0.6 is 15.9 Å². The maximum absolute atomic E-state index is 12.9. The van der Waals surface area contributed by atoms with Crippen molar-refractivity contribution in [2.24, 2.45) is 0 Å². The third-order valence-electron chi connectivity index (χ3n) is 2.35. The zero-order valence-corrected chi connectivity index (χ0v) is 12.0. The second-order valence-corrected chi connectivity index (χ2v) is 4.77. The van der Waals surface area contributed by atoms with Gasteiger partial charge >= 0.3 is 0 Å². The van der Waals surface area contributed by atoms with Crippen LogP contribution in [0, 0.1) is 11.6 Å². The number of amides is 2. The Bertz CT molecular complexity index is 668. The van der Waals surface area contributed by atoms with E-state index in [1.165, 1.54) is 12.1 Å². The van der Waals surface area contributed by atoms with Gasteiger partial charge in [0.25, 0.3) is 5.91 Å². The first-order valence-corrected chi connectivity index (χ1v) is 6.53. The molecular weight excluding hydrogens is 350 g/mol. The van der Waals surface area contributed by atoms with Gasteiger partial charge in [-0.3, -0.25) is 9.59 Å². The monoisotopic (exact) mass is 358 g/mol. The summed E-state index contributed by atoms with van der Waals surface area (Å²) in [5.74, 6) is -2.80. The number of hydrogen-bond donors (Lipinski definition) is 2. The number of carbonyl (C=O) groups excluding carboxylic acids is 2. The second kappa shape index (κ2) is 6.49. The minimum Gasteiger partial charge on any atom is -0.444 e. The molecule has 1 aromatic heterocycles. The molecule has 0 aliphatic rings. The van der Waals surface area contributed by atoms with Crippen molar-refractivity contribution in [3.05, 3.63) is 52.4 Å². The first kappa shape index (κ1) is 15.2. The first-order valence-electron chi connectivity index (χ1n) is 5.73. The van der Waals surface area contributed by atoms with Gasteiger partial charge in [0.1, 0.15) is 11.6 Å². The number of hydrogen-bond acceptors (Lipinski definition) is 3. The van der Waals surface area contributed by atoms with Crippen LogP contribution in [-0.2, 0) is 4.79 Å². The normalized spacial score (nSPS) is 10.2. The first-order chi connectivity index (χ1) is 9.94. The van der Waals surface area contributed by atoms with E-state index in [-0.39, 0.29) is 18.0 Å². The van der Waals surface area contributed by atoms with Gasteiger partial charge in [-0.1, -0.05) is 0 Å². The molecular formula is C13H9BrF2N2O3. The van der Waals surface area contributed by atoms with Gasteiger partial charge in [0.15, 0.2) is 10.4 Å². The SMILES string of the molecule is O=C(CNC(=O)c1ccc(Br)o1)Nc1cc(F)cc(F)c1. The third-order valence-corrected chi connectivity index (χ3v) is 2.78. The molecule has 2 aromatic rings. The molecule has 21 heavy (non-hydrogen) atoms. The number of rotatable bonds is 4. The highest BCUT2D eigenvalue weighted by Gasteiger charge is 2.12. The van der Waals surface area contributed by atoms with E-state index in [4.69, 9.17) is 4.42 Å². The Kier molecular flexibility index (Phi) is 4.69. The standard InChI is InChI=1S/C13H9BrF2N2O3/c14-11-2-1-10(21-11)13(20)17-6-12(19)18-9-4-7(15)3-8(16)5-9/h1-5H,6H2,(H,17,20)(H,18,19). The van der Waals surface area contributed by atoms with E-state index in [0.717, 1.165) is 12.1 Å². The summed E-state index contributed by atoms with van der Waals surface area (Å²) in [4.78, 5) is 23.2. The summed E-state index contributed by atoms with van der Waals surface area (Å²) in [5.41, 5.74) is -0.0347. The molecule has 0 unspecified atom stereocenters. The summed E-state index contributed by atoms with van der Waals surface area (Å²) in [6, 6.07) is 5.58. The molecule has 1 heterocycles. The smallest absolute Gasteiger partial charge is 0.287 e. The lowest BCUT2D eigenvalue weighted by molar-refractivity contribution is -0.115. The molecule has 2 amide bonds. The van der Waals surface area contributed by atoms with Crippen LogP contribution in [0.3, 0.4) is 0 Å². The van der Waals surface area contributed by atoms with Crippen molar-refractivity contribution in [2.45, 2.75) is 0 Å². The minimum absolute atomic E-state index is 0.0338. The van der Waals surface area contributed by atoms with Crippen LogP contribution in [-0.4, -0.2) is 18.4 Å². The average molecular weight is 359 g/mol. The van der Waals surface area contributed by atoms with Gasteiger partial charge in [-0.2, -0.15) is 0 Å². The lowest BCUT2D eigenvalue weighted by Gasteiger charge is -2.06. The van der Waals surface area contributed by atoms with Crippen molar-refractivity contribution in [1.29, 1.82) is 0 Å². The molecule has 0 radical (unpaired) electrons. The summed E-state index contributed by atoms with van der Waals surface area (Å²) >= 11 is 3.04. The van der Waals surface area contributed by atoms with Gasteiger partial charge < -0.3 is 15.1 Å². The Balaban J connectivity index is 1.88. The largest absolute Gasteiger partial charge is 0.444 e. The molecule has 1 aromatic carbocycles. The third kappa shape index (κ3) is 4.38. The second-order valence-electron chi connectivity index (χ2n) is 3.99. The van der Waals surface area contributed by atoms with Crippen molar-refractivity contribution in [2.75, 3.05) is 11.9 Å². The van der Waals surface area contributed by atoms with Gasteiger partial charge in [-0.15, -0.1) is 0 Å². The fraction of sp³-hybridized carbons (Fsp3) is 0.0769. The quantitative estimate of drug-likeness (QED) is 0.882. The Morgan fingerprint density at radius 3 is 2.38 bits per heavy atom. The fourth-order valence-corrected chi connectivity index (χ4v) is 1.82. The van der Waals surface area contributed by atoms with Crippen LogP contribution in [0.25, 0.3) is 0 Å². The average Bonchev–Trinajstić information content (AvgIpc) is 2.81. The summed E-state index contributed by atoms with van der Waals surface area (Å²) in [5, 5.41) is 4.57. The summed E-state index contributed by atoms with van der Waals surface area (Å²) in [6.45, 7) is -0.366. The van der Waals surface area contributed by atoms with Gasteiger partial charge in [0.2, 0.25) is 5.91 Å². The van der Waals surface area contributed by atoms with E-state index in [9.17, 15) is 18.4 Å². The van der Waals surface area contributed by atoms with Gasteiger partial charge in [-0.05, 0) is 40.2 Å². The molecule has 0 spiro atoms. The molecule has 2 rings (SSSR count). The van der Waals surface area contributed by atoms with Gasteiger partial charge in [0.05, 0.1) is 6.54 Å². The van der Waals surface area contributed by atoms with Crippen molar-refractivity contribution in [3.8, 4) is 0 Å². The van der Waals surface area contributed by atoms with E-state index >= 15 is 0 Å². The van der Waals surface area contributed by atoms with E-state index < -0.39 is 23.4 Å². The Morgan fingerprint density at radius 1 is 1.14 bits per heavy atom. The number of halogens is 3. The van der Waals surface area contributed by atoms with Crippen LogP contribution in [0.15, 0.2) is 39.4 Å². The number of nitrogens with one attached hydrogen (secondary N) is 2. The van der Waals surface area contributed by atoms with Crippen molar-refractivity contribution in [1.82, 2.24) is 5.32 Å². The van der Waals surface area contributed by atoms with Crippen LogP contribution in [0.1, 0.15) is 10.6 Å². The zero-order chi connectivity index (χ0) is 15.4. The topological polar surface area (TPSA) is 71.3 Å². The predicted molar refractivity (Wildman–Crippen MR) is 73.7 cm³/mol. The number of furan rings is 1. The molecule has 0 saturated heterocycles. The zero-order valence-electron chi connectivity index (χ0n) is 10.5. The molecule has 0 aliphatic heterocycles. The number of benzene rings is 1. The number of carbonyl (C=O) groups is 2. The molecule has 110 valence electrons. The maximum Gasteiger partial charge on any atom is 0.287 e. The Hall–Kier alpha value is -2.22.